The highest BCUT2D eigenvalue weighted by Crippen LogP contribution is 2.25. The average Bonchev–Trinajstić information content (AvgIpc) is 2.92. The zero-order chi connectivity index (χ0) is 26.3. The third-order valence-corrected chi connectivity index (χ3v) is 8.27. The van der Waals surface area contributed by atoms with Crippen LogP contribution in [0.3, 0.4) is 0 Å². The van der Waals surface area contributed by atoms with Crippen LogP contribution in [-0.4, -0.2) is 46.0 Å². The van der Waals surface area contributed by atoms with Crippen molar-refractivity contribution in [3.8, 4) is 5.75 Å². The maximum Gasteiger partial charge on any atom is 0.264 e. The molecule has 0 saturated carbocycles. The molecular formula is C28H32FN3O4S. The van der Waals surface area contributed by atoms with Gasteiger partial charge in [0.25, 0.3) is 10.0 Å². The second-order valence-electron chi connectivity index (χ2n) is 9.05. The largest absolute Gasteiger partial charge is 0.497 e. The number of nitrogens with zero attached hydrogens (tertiary/aromatic N) is 2. The van der Waals surface area contributed by atoms with E-state index in [0.29, 0.717) is 5.75 Å². The molecule has 4 rings (SSSR count). The molecule has 0 unspecified atom stereocenters. The van der Waals surface area contributed by atoms with Crippen LogP contribution in [0.2, 0.25) is 0 Å². The first kappa shape index (κ1) is 26.6. The molecule has 0 bridgehead atoms. The minimum atomic E-state index is -4.11. The van der Waals surface area contributed by atoms with E-state index in [1.54, 1.807) is 0 Å². The normalized spacial score (nSPS) is 14.2. The SMILES string of the molecule is COc1ccc(S(=O)(=O)N(CC(=O)NCc2ccccc2CN2CCCCC2)c2ccc(F)cc2)cc1. The number of carbonyl (C=O) groups excluding carboxylic acids is 1. The van der Waals surface area contributed by atoms with Gasteiger partial charge >= 0.3 is 0 Å². The number of carbonyl (C=O) groups is 1. The van der Waals surface area contributed by atoms with Crippen LogP contribution in [0.4, 0.5) is 10.1 Å². The Bertz CT molecular complexity index is 1290. The van der Waals surface area contributed by atoms with Crippen molar-refractivity contribution in [2.75, 3.05) is 31.0 Å². The third kappa shape index (κ3) is 6.87. The smallest absolute Gasteiger partial charge is 0.264 e. The maximum atomic E-state index is 13.6. The highest BCUT2D eigenvalue weighted by Gasteiger charge is 2.27. The zero-order valence-electron chi connectivity index (χ0n) is 20.9. The standard InChI is InChI=1S/C28H32FN3O4S/c1-36-26-13-15-27(16-14-26)37(34,35)32(25-11-9-24(29)10-12-25)21-28(33)30-19-22-7-3-4-8-23(22)20-31-17-5-2-6-18-31/h3-4,7-16H,2,5-6,17-21H2,1H3,(H,30,33). The molecule has 1 aliphatic rings. The lowest BCUT2D eigenvalue weighted by molar-refractivity contribution is -0.119. The number of hydrogen-bond donors (Lipinski definition) is 1. The van der Waals surface area contributed by atoms with E-state index in [-0.39, 0.29) is 17.1 Å². The molecule has 1 amide bonds. The van der Waals surface area contributed by atoms with E-state index in [0.717, 1.165) is 35.1 Å². The molecule has 7 nitrogen and oxygen atoms in total. The van der Waals surface area contributed by atoms with E-state index >= 15 is 0 Å². The van der Waals surface area contributed by atoms with Crippen molar-refractivity contribution in [2.45, 2.75) is 37.2 Å². The van der Waals surface area contributed by atoms with Crippen LogP contribution in [0.5, 0.6) is 5.75 Å². The summed E-state index contributed by atoms with van der Waals surface area (Å²) in [6.07, 6.45) is 3.65. The van der Waals surface area contributed by atoms with Gasteiger partial charge in [0.05, 0.1) is 17.7 Å². The number of anilines is 1. The Labute approximate surface area is 217 Å². The van der Waals surface area contributed by atoms with Gasteiger partial charge < -0.3 is 10.1 Å². The summed E-state index contributed by atoms with van der Waals surface area (Å²) in [6.45, 7) is 2.78. The second kappa shape index (κ2) is 12.2. The lowest BCUT2D eigenvalue weighted by atomic mass is 10.0. The van der Waals surface area contributed by atoms with E-state index in [1.807, 2.05) is 18.2 Å². The first-order valence-electron chi connectivity index (χ1n) is 12.3. The first-order chi connectivity index (χ1) is 17.9. The van der Waals surface area contributed by atoms with Crippen molar-refractivity contribution in [3.05, 3.63) is 89.7 Å². The van der Waals surface area contributed by atoms with Gasteiger partial charge in [-0.05, 0) is 85.6 Å². The maximum absolute atomic E-state index is 13.6. The van der Waals surface area contributed by atoms with Gasteiger partial charge in [0.2, 0.25) is 5.91 Å². The fraction of sp³-hybridized carbons (Fsp3) is 0.321. The van der Waals surface area contributed by atoms with Gasteiger partial charge in [-0.3, -0.25) is 14.0 Å². The lowest BCUT2D eigenvalue weighted by Crippen LogP contribution is -2.40. The second-order valence-corrected chi connectivity index (χ2v) is 10.9. The predicted molar refractivity (Wildman–Crippen MR) is 141 cm³/mol. The number of benzene rings is 3. The number of likely N-dealkylation sites (tertiary alicyclic amines) is 1. The highest BCUT2D eigenvalue weighted by molar-refractivity contribution is 7.92. The molecule has 1 N–H and O–H groups in total. The number of rotatable bonds is 10. The quantitative estimate of drug-likeness (QED) is 0.426. The molecule has 1 saturated heterocycles. The van der Waals surface area contributed by atoms with Crippen LogP contribution in [0.1, 0.15) is 30.4 Å². The number of hydrogen-bond acceptors (Lipinski definition) is 5. The van der Waals surface area contributed by atoms with Crippen molar-refractivity contribution in [2.24, 2.45) is 0 Å². The summed E-state index contributed by atoms with van der Waals surface area (Å²) >= 11 is 0. The summed E-state index contributed by atoms with van der Waals surface area (Å²) in [5.74, 6) is -0.456. The molecule has 0 aromatic heterocycles. The Morgan fingerprint density at radius 3 is 2.24 bits per heavy atom. The number of halogens is 1. The van der Waals surface area contributed by atoms with Crippen LogP contribution < -0.4 is 14.4 Å². The summed E-state index contributed by atoms with van der Waals surface area (Å²) in [5.41, 5.74) is 2.33. The summed E-state index contributed by atoms with van der Waals surface area (Å²) in [7, 11) is -2.62. The van der Waals surface area contributed by atoms with Gasteiger partial charge in [-0.2, -0.15) is 0 Å². The van der Waals surface area contributed by atoms with Gasteiger partial charge in [0, 0.05) is 13.1 Å². The molecule has 1 aliphatic heterocycles. The van der Waals surface area contributed by atoms with Crippen molar-refractivity contribution in [1.82, 2.24) is 10.2 Å². The molecule has 9 heteroatoms. The molecular weight excluding hydrogens is 493 g/mol. The zero-order valence-corrected chi connectivity index (χ0v) is 21.7. The molecule has 1 fully saturated rings. The number of methoxy groups -OCH3 is 1. The average molecular weight is 526 g/mol. The van der Waals surface area contributed by atoms with Gasteiger partial charge in [-0.15, -0.1) is 0 Å². The van der Waals surface area contributed by atoms with E-state index in [9.17, 15) is 17.6 Å². The molecule has 3 aromatic carbocycles. The number of ether oxygens (including phenoxy) is 1. The van der Waals surface area contributed by atoms with Crippen LogP contribution >= 0.6 is 0 Å². The Morgan fingerprint density at radius 1 is 0.946 bits per heavy atom. The first-order valence-corrected chi connectivity index (χ1v) is 13.8. The van der Waals surface area contributed by atoms with Gasteiger partial charge in [0.15, 0.2) is 0 Å². The molecule has 0 radical (unpaired) electrons. The lowest BCUT2D eigenvalue weighted by Gasteiger charge is -2.27. The predicted octanol–water partition coefficient (Wildman–Crippen LogP) is 4.33. The molecule has 0 spiro atoms. The summed E-state index contributed by atoms with van der Waals surface area (Å²) in [6, 6.07) is 18.9. The molecule has 3 aromatic rings. The minimum absolute atomic E-state index is 0.00250. The van der Waals surface area contributed by atoms with Crippen molar-refractivity contribution < 1.29 is 22.3 Å². The number of nitrogens with one attached hydrogen (secondary N) is 1. The third-order valence-electron chi connectivity index (χ3n) is 6.49. The fourth-order valence-corrected chi connectivity index (χ4v) is 5.84. The Balaban J connectivity index is 1.50. The van der Waals surface area contributed by atoms with E-state index in [4.69, 9.17) is 4.74 Å². The topological polar surface area (TPSA) is 79.0 Å². The fourth-order valence-electron chi connectivity index (χ4n) is 4.42. The van der Waals surface area contributed by atoms with E-state index in [2.05, 4.69) is 16.3 Å². The van der Waals surface area contributed by atoms with E-state index in [1.165, 1.54) is 74.9 Å². The Morgan fingerprint density at radius 2 is 1.59 bits per heavy atom. The Hall–Kier alpha value is -3.43. The monoisotopic (exact) mass is 525 g/mol. The summed E-state index contributed by atoms with van der Waals surface area (Å²) in [5, 5.41) is 2.87. The van der Waals surface area contributed by atoms with Crippen molar-refractivity contribution >= 4 is 21.6 Å². The number of amides is 1. The van der Waals surface area contributed by atoms with Crippen molar-refractivity contribution in [3.63, 3.8) is 0 Å². The van der Waals surface area contributed by atoms with Gasteiger partial charge in [-0.25, -0.2) is 12.8 Å². The van der Waals surface area contributed by atoms with Crippen LogP contribution in [0, 0.1) is 5.82 Å². The number of piperidine rings is 1. The molecule has 37 heavy (non-hydrogen) atoms. The number of sulfonamides is 1. The molecule has 1 heterocycles. The van der Waals surface area contributed by atoms with Crippen LogP contribution in [-0.2, 0) is 27.9 Å². The Kier molecular flexibility index (Phi) is 8.78. The van der Waals surface area contributed by atoms with Crippen LogP contribution in [0.25, 0.3) is 0 Å². The molecule has 196 valence electrons. The molecule has 0 aliphatic carbocycles. The molecule has 0 atom stereocenters. The highest BCUT2D eigenvalue weighted by atomic mass is 32.2. The summed E-state index contributed by atoms with van der Waals surface area (Å²) < 4.78 is 46.7. The summed E-state index contributed by atoms with van der Waals surface area (Å²) in [4.78, 5) is 15.4. The van der Waals surface area contributed by atoms with Gasteiger partial charge in [0.1, 0.15) is 18.1 Å². The minimum Gasteiger partial charge on any atom is -0.497 e. The van der Waals surface area contributed by atoms with E-state index < -0.39 is 28.3 Å². The van der Waals surface area contributed by atoms with Crippen molar-refractivity contribution in [1.29, 1.82) is 0 Å². The van der Waals surface area contributed by atoms with Gasteiger partial charge in [-0.1, -0.05) is 30.7 Å². The van der Waals surface area contributed by atoms with Crippen LogP contribution in [0.15, 0.2) is 77.7 Å².